The summed E-state index contributed by atoms with van der Waals surface area (Å²) in [5, 5.41) is 22.0. The number of aromatic hydroxyl groups is 1. The van der Waals surface area contributed by atoms with Gasteiger partial charge in [-0.2, -0.15) is 0 Å². The van der Waals surface area contributed by atoms with Crippen LogP contribution in [0.1, 0.15) is 35.3 Å². The van der Waals surface area contributed by atoms with E-state index >= 15 is 0 Å². The number of amidine groups is 1. The van der Waals surface area contributed by atoms with E-state index < -0.39 is 0 Å². The third-order valence-corrected chi connectivity index (χ3v) is 5.86. The second kappa shape index (κ2) is 9.19. The number of carbonyl (C=O) groups excluding carboxylic acids is 1. The molecule has 0 radical (unpaired) electrons. The van der Waals surface area contributed by atoms with Crippen LogP contribution in [0.5, 0.6) is 5.75 Å². The van der Waals surface area contributed by atoms with Gasteiger partial charge >= 0.3 is 0 Å². The quantitative estimate of drug-likeness (QED) is 0.321. The molecule has 0 fully saturated rings. The molecule has 1 aromatic heterocycles. The number of nitrogens with one attached hydrogen (secondary N) is 3. The number of fused-ring (bicyclic) bond motifs is 2. The molecule has 0 aliphatic carbocycles. The van der Waals surface area contributed by atoms with E-state index in [1.807, 2.05) is 38.2 Å². The summed E-state index contributed by atoms with van der Waals surface area (Å²) in [5.74, 6) is 0.0825. The summed E-state index contributed by atoms with van der Waals surface area (Å²) >= 11 is 0. The SMILES string of the molecule is C=N/C(=C(/C)C=NC(=N)/C=C(/C)NC)c1c[nH]c2c(N3Cc4c(O)cccc4C3=O)cccc12. The molecule has 8 nitrogen and oxygen atoms in total. The van der Waals surface area contributed by atoms with Gasteiger partial charge in [-0.3, -0.25) is 15.2 Å². The predicted octanol–water partition coefficient (Wildman–Crippen LogP) is 4.64. The lowest BCUT2D eigenvalue weighted by Gasteiger charge is -2.17. The number of hydrogen-bond acceptors (Lipinski definition) is 5. The first-order valence-corrected chi connectivity index (χ1v) is 10.7. The van der Waals surface area contributed by atoms with Crippen molar-refractivity contribution in [2.24, 2.45) is 9.98 Å². The molecule has 2 heterocycles. The van der Waals surface area contributed by atoms with Crippen LogP contribution < -0.4 is 10.2 Å². The Morgan fingerprint density at radius 3 is 2.74 bits per heavy atom. The average molecular weight is 455 g/mol. The maximum Gasteiger partial charge on any atom is 0.259 e. The van der Waals surface area contributed by atoms with E-state index in [0.717, 1.165) is 27.7 Å². The van der Waals surface area contributed by atoms with Gasteiger partial charge < -0.3 is 20.3 Å². The van der Waals surface area contributed by atoms with Crippen molar-refractivity contribution < 1.29 is 9.90 Å². The Balaban J connectivity index is 1.72. The van der Waals surface area contributed by atoms with Crippen LogP contribution in [0.2, 0.25) is 0 Å². The number of aromatic nitrogens is 1. The number of aromatic amines is 1. The van der Waals surface area contributed by atoms with Crippen molar-refractivity contribution in [3.05, 3.63) is 76.6 Å². The Kier molecular flexibility index (Phi) is 6.14. The number of carbonyl (C=O) groups is 1. The van der Waals surface area contributed by atoms with Crippen LogP contribution in [0, 0.1) is 5.41 Å². The average Bonchev–Trinajstić information content (AvgIpc) is 3.40. The molecule has 0 saturated carbocycles. The number of rotatable bonds is 6. The van der Waals surface area contributed by atoms with Gasteiger partial charge in [0.1, 0.15) is 11.6 Å². The van der Waals surface area contributed by atoms with Gasteiger partial charge in [-0.1, -0.05) is 18.2 Å². The highest BCUT2D eigenvalue weighted by atomic mass is 16.3. The van der Waals surface area contributed by atoms with Crippen molar-refractivity contribution in [1.29, 1.82) is 5.41 Å². The Morgan fingerprint density at radius 1 is 1.26 bits per heavy atom. The summed E-state index contributed by atoms with van der Waals surface area (Å²) in [4.78, 5) is 26.4. The zero-order chi connectivity index (χ0) is 24.4. The first-order valence-electron chi connectivity index (χ1n) is 10.7. The zero-order valence-corrected chi connectivity index (χ0v) is 19.3. The number of anilines is 1. The molecule has 1 aliphatic rings. The van der Waals surface area contributed by atoms with Crippen molar-refractivity contribution in [2.75, 3.05) is 11.9 Å². The molecule has 4 rings (SSSR count). The Labute approximate surface area is 197 Å². The molecule has 8 heteroatoms. The number of aliphatic imine (C=N–C) groups is 2. The number of H-pyrrole nitrogens is 1. The summed E-state index contributed by atoms with van der Waals surface area (Å²) in [5.41, 5.74) is 5.66. The van der Waals surface area contributed by atoms with Crippen molar-refractivity contribution in [1.82, 2.24) is 10.3 Å². The molecule has 0 spiro atoms. The van der Waals surface area contributed by atoms with Crippen LogP contribution in [0.15, 0.2) is 69.9 Å². The fraction of sp³-hybridized carbons (Fsp3) is 0.154. The van der Waals surface area contributed by atoms with E-state index in [1.165, 1.54) is 0 Å². The van der Waals surface area contributed by atoms with Gasteiger partial charge in [0.15, 0.2) is 0 Å². The number of nitrogens with zero attached hydrogens (tertiary/aromatic N) is 3. The van der Waals surface area contributed by atoms with E-state index in [9.17, 15) is 9.90 Å². The lowest BCUT2D eigenvalue weighted by Crippen LogP contribution is -2.23. The number of benzene rings is 2. The lowest BCUT2D eigenvalue weighted by atomic mass is 10.1. The number of phenolic OH excluding ortho intramolecular Hbond substituents is 1. The predicted molar refractivity (Wildman–Crippen MR) is 138 cm³/mol. The monoisotopic (exact) mass is 454 g/mol. The molecular weight excluding hydrogens is 428 g/mol. The molecule has 0 unspecified atom stereocenters. The summed E-state index contributed by atoms with van der Waals surface area (Å²) in [6.45, 7) is 7.75. The van der Waals surface area contributed by atoms with Crippen molar-refractivity contribution in [2.45, 2.75) is 20.4 Å². The van der Waals surface area contributed by atoms with Gasteiger partial charge in [-0.25, -0.2) is 4.99 Å². The molecule has 4 N–H and O–H groups in total. The minimum Gasteiger partial charge on any atom is -0.508 e. The number of phenols is 1. The van der Waals surface area contributed by atoms with Crippen molar-refractivity contribution in [3.63, 3.8) is 0 Å². The second-order valence-corrected chi connectivity index (χ2v) is 8.01. The van der Waals surface area contributed by atoms with Crippen LogP contribution >= 0.6 is 0 Å². The Morgan fingerprint density at radius 2 is 2.03 bits per heavy atom. The molecule has 0 bridgehead atoms. The van der Waals surface area contributed by atoms with Crippen molar-refractivity contribution >= 4 is 47.0 Å². The van der Waals surface area contributed by atoms with Gasteiger partial charge in [-0.05, 0) is 44.3 Å². The summed E-state index contributed by atoms with van der Waals surface area (Å²) in [6.07, 6.45) is 5.06. The molecule has 1 aliphatic heterocycles. The maximum absolute atomic E-state index is 13.1. The molecule has 2 aromatic carbocycles. The standard InChI is InChI=1S/C26H26N6O2/c1-15(12-30-23(27)11-16(2)28-3)24(29-4)19-13-31-25-17(19)7-5-9-21(25)32-14-20-18(26(32)34)8-6-10-22(20)33/h5-13,27-28,31,33H,4,14H2,1-3H3/b16-11-,24-15-,27-23?,30-12?. The normalized spacial score (nSPS) is 14.5. The van der Waals surface area contributed by atoms with Gasteiger partial charge in [-0.15, -0.1) is 0 Å². The van der Waals surface area contributed by atoms with Gasteiger partial charge in [0.25, 0.3) is 5.91 Å². The van der Waals surface area contributed by atoms with Crippen molar-refractivity contribution in [3.8, 4) is 5.75 Å². The van der Waals surface area contributed by atoms with Crippen LogP contribution in [0.3, 0.4) is 0 Å². The third-order valence-electron chi connectivity index (χ3n) is 5.86. The van der Waals surface area contributed by atoms with Crippen LogP contribution in [0.4, 0.5) is 5.69 Å². The highest BCUT2D eigenvalue weighted by molar-refractivity contribution is 6.15. The lowest BCUT2D eigenvalue weighted by molar-refractivity contribution is 0.0997. The topological polar surface area (TPSA) is 117 Å². The number of para-hydroxylation sites is 1. The van der Waals surface area contributed by atoms with E-state index in [0.29, 0.717) is 29.1 Å². The highest BCUT2D eigenvalue weighted by Crippen LogP contribution is 2.38. The Hall–Kier alpha value is -4.46. The summed E-state index contributed by atoms with van der Waals surface area (Å²) in [6, 6.07) is 10.7. The van der Waals surface area contributed by atoms with Crippen LogP contribution in [0.25, 0.3) is 16.6 Å². The van der Waals surface area contributed by atoms with Gasteiger partial charge in [0.05, 0.1) is 23.4 Å². The smallest absolute Gasteiger partial charge is 0.259 e. The molecule has 172 valence electrons. The van der Waals surface area contributed by atoms with E-state index in [4.69, 9.17) is 5.41 Å². The van der Waals surface area contributed by atoms with Crippen LogP contribution in [-0.2, 0) is 6.54 Å². The largest absolute Gasteiger partial charge is 0.508 e. The second-order valence-electron chi connectivity index (χ2n) is 8.01. The molecule has 3 aromatic rings. The first kappa shape index (κ1) is 22.7. The van der Waals surface area contributed by atoms with E-state index in [1.54, 1.807) is 42.4 Å². The minimum atomic E-state index is -0.154. The fourth-order valence-electron chi connectivity index (χ4n) is 4.03. The van der Waals surface area contributed by atoms with E-state index in [2.05, 4.69) is 27.0 Å². The number of hydrogen-bond donors (Lipinski definition) is 4. The molecule has 34 heavy (non-hydrogen) atoms. The van der Waals surface area contributed by atoms with Gasteiger partial charge in [0.2, 0.25) is 0 Å². The minimum absolute atomic E-state index is 0.117. The van der Waals surface area contributed by atoms with Crippen LogP contribution in [-0.4, -0.2) is 41.8 Å². The molecular formula is C26H26N6O2. The maximum atomic E-state index is 13.1. The summed E-state index contributed by atoms with van der Waals surface area (Å²) in [7, 11) is 1.79. The number of amides is 1. The summed E-state index contributed by atoms with van der Waals surface area (Å²) < 4.78 is 0. The van der Waals surface area contributed by atoms with Gasteiger partial charge in [0, 0.05) is 53.3 Å². The van der Waals surface area contributed by atoms with E-state index in [-0.39, 0.29) is 17.5 Å². The first-order chi connectivity index (χ1) is 16.3. The number of allylic oxidation sites excluding steroid dienone is 2. The molecule has 0 atom stereocenters. The molecule has 0 saturated heterocycles. The fourth-order valence-corrected chi connectivity index (χ4v) is 4.03. The highest BCUT2D eigenvalue weighted by Gasteiger charge is 2.31. The zero-order valence-electron chi connectivity index (χ0n) is 19.3. The third kappa shape index (κ3) is 4.01. The molecule has 1 amide bonds. The Bertz CT molecular complexity index is 1410.